The number of nitrogens with one attached hydrogen (secondary N) is 1. The Bertz CT molecular complexity index is 620. The van der Waals surface area contributed by atoms with Gasteiger partial charge in [0.2, 0.25) is 5.82 Å². The molecule has 0 bridgehead atoms. The molecular weight excluding hydrogens is 293 g/mol. The molecule has 0 aliphatic heterocycles. The Morgan fingerprint density at radius 1 is 0.842 bits per heavy atom. The summed E-state index contributed by atoms with van der Waals surface area (Å²) in [5.74, 6) is -10.6. The van der Waals surface area contributed by atoms with Crippen LogP contribution in [0.3, 0.4) is 0 Å². The van der Waals surface area contributed by atoms with Crippen molar-refractivity contribution in [3.8, 4) is 0 Å². The third kappa shape index (κ3) is 2.43. The van der Waals surface area contributed by atoms with Crippen LogP contribution in [0, 0.1) is 29.1 Å². The maximum absolute atomic E-state index is 13.3. The highest BCUT2D eigenvalue weighted by atomic mass is 35.5. The van der Waals surface area contributed by atoms with Gasteiger partial charge in [-0.2, -0.15) is 0 Å². The third-order valence-electron chi connectivity index (χ3n) is 2.07. The molecule has 0 saturated heterocycles. The molecule has 1 aromatic heterocycles. The lowest BCUT2D eigenvalue weighted by molar-refractivity contribution is 0.382. The highest BCUT2D eigenvalue weighted by Crippen LogP contribution is 2.29. The van der Waals surface area contributed by atoms with E-state index >= 15 is 0 Å². The van der Waals surface area contributed by atoms with E-state index in [1.165, 1.54) is 0 Å². The molecule has 0 unspecified atom stereocenters. The van der Waals surface area contributed by atoms with E-state index in [0.717, 1.165) is 12.4 Å². The van der Waals surface area contributed by atoms with Crippen molar-refractivity contribution in [1.29, 1.82) is 0 Å². The van der Waals surface area contributed by atoms with Gasteiger partial charge in [0, 0.05) is 0 Å². The van der Waals surface area contributed by atoms with Crippen molar-refractivity contribution in [2.45, 2.75) is 0 Å². The van der Waals surface area contributed by atoms with Gasteiger partial charge < -0.3 is 5.32 Å². The molecule has 1 N–H and O–H groups in total. The Kier molecular flexibility index (Phi) is 3.52. The summed E-state index contributed by atoms with van der Waals surface area (Å²) in [6.45, 7) is 0. The standard InChI is InChI=1S/C10H3ClF5N3/c11-3-1-17-2-4(18-3)19-10-8(15)6(13)5(12)7(14)9(10)16/h1-2H,(H,18,19). The van der Waals surface area contributed by atoms with E-state index in [1.54, 1.807) is 0 Å². The molecule has 0 fully saturated rings. The minimum absolute atomic E-state index is 0.117. The van der Waals surface area contributed by atoms with E-state index in [1.807, 2.05) is 5.32 Å². The molecular formula is C10H3ClF5N3. The number of nitrogens with zero attached hydrogens (tertiary/aromatic N) is 2. The fraction of sp³-hybridized carbons (Fsp3) is 0. The van der Waals surface area contributed by atoms with Crippen LogP contribution in [-0.2, 0) is 0 Å². The molecule has 19 heavy (non-hydrogen) atoms. The van der Waals surface area contributed by atoms with Gasteiger partial charge in [-0.15, -0.1) is 0 Å². The Balaban J connectivity index is 2.52. The van der Waals surface area contributed by atoms with Crippen molar-refractivity contribution < 1.29 is 22.0 Å². The highest BCUT2D eigenvalue weighted by molar-refractivity contribution is 6.29. The van der Waals surface area contributed by atoms with Gasteiger partial charge in [0.25, 0.3) is 0 Å². The summed E-state index contributed by atoms with van der Waals surface area (Å²) >= 11 is 5.47. The molecule has 0 spiro atoms. The Hall–Kier alpha value is -1.96. The van der Waals surface area contributed by atoms with Crippen molar-refractivity contribution in [3.63, 3.8) is 0 Å². The Labute approximate surface area is 108 Å². The molecule has 0 aliphatic rings. The maximum Gasteiger partial charge on any atom is 0.200 e. The summed E-state index contributed by atoms with van der Waals surface area (Å²) in [6, 6.07) is 0. The van der Waals surface area contributed by atoms with Gasteiger partial charge in [-0.05, 0) is 0 Å². The first-order chi connectivity index (χ1) is 8.91. The second-order valence-corrected chi connectivity index (χ2v) is 3.68. The van der Waals surface area contributed by atoms with E-state index in [2.05, 4.69) is 9.97 Å². The molecule has 100 valence electrons. The van der Waals surface area contributed by atoms with E-state index in [-0.39, 0.29) is 11.0 Å². The van der Waals surface area contributed by atoms with E-state index < -0.39 is 34.8 Å². The number of hydrogen-bond acceptors (Lipinski definition) is 3. The van der Waals surface area contributed by atoms with Crippen LogP contribution in [0.1, 0.15) is 0 Å². The van der Waals surface area contributed by atoms with Crippen molar-refractivity contribution in [2.75, 3.05) is 5.32 Å². The average molecular weight is 296 g/mol. The highest BCUT2D eigenvalue weighted by Gasteiger charge is 2.26. The minimum atomic E-state index is -2.24. The molecule has 2 rings (SSSR count). The zero-order valence-corrected chi connectivity index (χ0v) is 9.57. The quantitative estimate of drug-likeness (QED) is 0.523. The van der Waals surface area contributed by atoms with Crippen LogP contribution in [0.5, 0.6) is 0 Å². The first-order valence-corrected chi connectivity index (χ1v) is 5.05. The fourth-order valence-electron chi connectivity index (χ4n) is 1.25. The van der Waals surface area contributed by atoms with Gasteiger partial charge in [0.15, 0.2) is 29.1 Å². The zero-order valence-electron chi connectivity index (χ0n) is 8.82. The van der Waals surface area contributed by atoms with Gasteiger partial charge in [-0.3, -0.25) is 4.98 Å². The second-order valence-electron chi connectivity index (χ2n) is 3.30. The first kappa shape index (κ1) is 13.5. The number of rotatable bonds is 2. The van der Waals surface area contributed by atoms with Crippen LogP contribution in [0.15, 0.2) is 12.4 Å². The summed E-state index contributed by atoms with van der Waals surface area (Å²) in [5.41, 5.74) is -1.23. The zero-order chi connectivity index (χ0) is 14.2. The monoisotopic (exact) mass is 295 g/mol. The molecule has 2 aromatic rings. The predicted octanol–water partition coefficient (Wildman–Crippen LogP) is 3.57. The average Bonchev–Trinajstić information content (AvgIpc) is 2.39. The Morgan fingerprint density at radius 2 is 1.37 bits per heavy atom. The molecule has 0 saturated carbocycles. The van der Waals surface area contributed by atoms with Gasteiger partial charge in [0.1, 0.15) is 10.8 Å². The number of halogens is 6. The van der Waals surface area contributed by atoms with Crippen LogP contribution < -0.4 is 5.32 Å². The van der Waals surface area contributed by atoms with E-state index in [4.69, 9.17) is 11.6 Å². The van der Waals surface area contributed by atoms with Crippen molar-refractivity contribution in [1.82, 2.24) is 9.97 Å². The number of hydrogen-bond donors (Lipinski definition) is 1. The topological polar surface area (TPSA) is 37.8 Å². The molecule has 0 aliphatic carbocycles. The van der Waals surface area contributed by atoms with Crippen molar-refractivity contribution in [3.05, 3.63) is 46.6 Å². The second kappa shape index (κ2) is 4.96. The SMILES string of the molecule is Fc1c(F)c(F)c(Nc2cncc(Cl)n2)c(F)c1F. The lowest BCUT2D eigenvalue weighted by Crippen LogP contribution is -2.07. The largest absolute Gasteiger partial charge is 0.334 e. The third-order valence-corrected chi connectivity index (χ3v) is 2.25. The number of anilines is 2. The lowest BCUT2D eigenvalue weighted by Gasteiger charge is -2.09. The van der Waals surface area contributed by atoms with Gasteiger partial charge in [0.05, 0.1) is 12.4 Å². The smallest absolute Gasteiger partial charge is 0.200 e. The lowest BCUT2D eigenvalue weighted by atomic mass is 10.2. The van der Waals surface area contributed by atoms with Crippen LogP contribution >= 0.6 is 11.6 Å². The summed E-state index contributed by atoms with van der Waals surface area (Å²) in [7, 11) is 0. The molecule has 1 heterocycles. The molecule has 0 atom stereocenters. The summed E-state index contributed by atoms with van der Waals surface area (Å²) in [5, 5.41) is 1.82. The fourth-order valence-corrected chi connectivity index (χ4v) is 1.39. The first-order valence-electron chi connectivity index (χ1n) is 4.67. The van der Waals surface area contributed by atoms with Crippen molar-refractivity contribution >= 4 is 23.1 Å². The van der Waals surface area contributed by atoms with Gasteiger partial charge in [-0.1, -0.05) is 11.6 Å². The molecule has 0 radical (unpaired) electrons. The van der Waals surface area contributed by atoms with E-state index in [0.29, 0.717) is 0 Å². The molecule has 3 nitrogen and oxygen atoms in total. The van der Waals surface area contributed by atoms with Crippen LogP contribution in [-0.4, -0.2) is 9.97 Å². The summed E-state index contributed by atoms with van der Waals surface area (Å²) in [6.07, 6.45) is 2.13. The van der Waals surface area contributed by atoms with E-state index in [9.17, 15) is 22.0 Å². The van der Waals surface area contributed by atoms with Gasteiger partial charge >= 0.3 is 0 Å². The van der Waals surface area contributed by atoms with Crippen LogP contribution in [0.2, 0.25) is 5.15 Å². The number of benzene rings is 1. The maximum atomic E-state index is 13.3. The normalized spacial score (nSPS) is 10.6. The molecule has 0 amide bonds. The molecule has 9 heteroatoms. The van der Waals surface area contributed by atoms with Crippen molar-refractivity contribution in [2.24, 2.45) is 0 Å². The summed E-state index contributed by atoms with van der Waals surface area (Å²) < 4.78 is 65.3. The predicted molar refractivity (Wildman–Crippen MR) is 56.6 cm³/mol. The molecule has 1 aromatic carbocycles. The van der Waals surface area contributed by atoms with Crippen LogP contribution in [0.25, 0.3) is 0 Å². The minimum Gasteiger partial charge on any atom is -0.334 e. The Morgan fingerprint density at radius 3 is 1.89 bits per heavy atom. The summed E-state index contributed by atoms with van der Waals surface area (Å²) in [4.78, 5) is 7.09. The van der Waals surface area contributed by atoms with Gasteiger partial charge in [-0.25, -0.2) is 26.9 Å². The number of aromatic nitrogens is 2. The van der Waals surface area contributed by atoms with Crippen LogP contribution in [0.4, 0.5) is 33.5 Å².